The summed E-state index contributed by atoms with van der Waals surface area (Å²) in [4.78, 5) is 12.2. The molecule has 0 N–H and O–H groups in total. The topological polar surface area (TPSA) is 92.3 Å². The number of benzene rings is 2. The molecule has 0 aliphatic heterocycles. The number of carbonyl (C=O) groups excluding carboxylic acids is 1. The minimum Gasteiger partial charge on any atom is -0.486 e. The highest BCUT2D eigenvalue weighted by molar-refractivity contribution is 5.86. The van der Waals surface area contributed by atoms with Crippen molar-refractivity contribution in [1.29, 1.82) is 0 Å². The largest absolute Gasteiger partial charge is 0.486 e. The average Bonchev–Trinajstić information content (AvgIpc) is 3.42. The lowest BCUT2D eigenvalue weighted by Crippen LogP contribution is -2.09. The van der Waals surface area contributed by atoms with Gasteiger partial charge in [0.2, 0.25) is 5.76 Å². The quantitative estimate of drug-likeness (QED) is 0.444. The molecule has 0 saturated heterocycles. The molecule has 0 spiro atoms. The number of hydrogen-bond acceptors (Lipinski definition) is 7. The van der Waals surface area contributed by atoms with Crippen molar-refractivity contribution in [3.63, 3.8) is 0 Å². The number of aromatic nitrogens is 4. The average molecular weight is 394 g/mol. The second-order valence-electron chi connectivity index (χ2n) is 5.93. The predicted molar refractivity (Wildman–Crippen MR) is 97.7 cm³/mol. The molecule has 0 radical (unpaired) electrons. The summed E-state index contributed by atoms with van der Waals surface area (Å²) in [5, 5.41) is 11.4. The third-order valence-corrected chi connectivity index (χ3v) is 3.92. The fourth-order valence-corrected chi connectivity index (χ4v) is 2.52. The van der Waals surface area contributed by atoms with E-state index in [1.165, 1.54) is 35.0 Å². The van der Waals surface area contributed by atoms with Crippen LogP contribution in [-0.4, -0.2) is 26.2 Å². The highest BCUT2D eigenvalue weighted by Crippen LogP contribution is 2.16. The molecular weight excluding hydrogens is 379 g/mol. The van der Waals surface area contributed by atoms with Crippen LogP contribution in [0.3, 0.4) is 0 Å². The number of ether oxygens (including phenoxy) is 2. The summed E-state index contributed by atoms with van der Waals surface area (Å²) in [6.07, 6.45) is 0. The van der Waals surface area contributed by atoms with Crippen LogP contribution in [0.4, 0.5) is 4.39 Å². The van der Waals surface area contributed by atoms with Crippen molar-refractivity contribution in [1.82, 2.24) is 20.2 Å². The van der Waals surface area contributed by atoms with Gasteiger partial charge in [0.15, 0.2) is 12.4 Å². The first kappa shape index (κ1) is 18.4. The third-order valence-electron chi connectivity index (χ3n) is 3.92. The third kappa shape index (κ3) is 4.46. The van der Waals surface area contributed by atoms with Crippen molar-refractivity contribution in [3.05, 3.63) is 89.9 Å². The van der Waals surface area contributed by atoms with Crippen molar-refractivity contribution in [2.45, 2.75) is 13.2 Å². The molecule has 0 aliphatic carbocycles. The maximum Gasteiger partial charge on any atom is 0.374 e. The first-order chi connectivity index (χ1) is 14.2. The zero-order valence-electron chi connectivity index (χ0n) is 15.1. The molecule has 2 heterocycles. The summed E-state index contributed by atoms with van der Waals surface area (Å²) >= 11 is 0. The van der Waals surface area contributed by atoms with Crippen molar-refractivity contribution in [3.8, 4) is 11.4 Å². The van der Waals surface area contributed by atoms with E-state index in [2.05, 4.69) is 15.5 Å². The fourth-order valence-electron chi connectivity index (χ4n) is 2.52. The Labute approximate surface area is 164 Å². The standard InChI is InChI=1S/C20H15FN4O4/c21-14-6-8-16(9-7-14)27-12-17-10-11-18(29-17)20(26)28-13-19-22-23-24-25(19)15-4-2-1-3-5-15/h1-11H,12-13H2. The van der Waals surface area contributed by atoms with Crippen LogP contribution in [0.15, 0.2) is 71.1 Å². The summed E-state index contributed by atoms with van der Waals surface area (Å²) in [5.74, 6) is 0.312. The lowest BCUT2D eigenvalue weighted by molar-refractivity contribution is 0.0419. The van der Waals surface area contributed by atoms with E-state index in [1.807, 2.05) is 30.3 Å². The Balaban J connectivity index is 1.34. The number of rotatable bonds is 7. The van der Waals surface area contributed by atoms with Crippen LogP contribution in [0.5, 0.6) is 5.75 Å². The van der Waals surface area contributed by atoms with Gasteiger partial charge < -0.3 is 13.9 Å². The monoisotopic (exact) mass is 394 g/mol. The number of tetrazole rings is 1. The number of hydrogen-bond donors (Lipinski definition) is 0. The van der Waals surface area contributed by atoms with Crippen molar-refractivity contribution in [2.75, 3.05) is 0 Å². The van der Waals surface area contributed by atoms with Crippen LogP contribution in [0, 0.1) is 5.82 Å². The van der Waals surface area contributed by atoms with E-state index in [9.17, 15) is 9.18 Å². The van der Waals surface area contributed by atoms with Gasteiger partial charge >= 0.3 is 5.97 Å². The molecule has 29 heavy (non-hydrogen) atoms. The molecule has 9 heteroatoms. The van der Waals surface area contributed by atoms with Gasteiger partial charge in [0, 0.05) is 0 Å². The number of nitrogens with zero attached hydrogens (tertiary/aromatic N) is 4. The maximum atomic E-state index is 12.9. The number of carbonyl (C=O) groups is 1. The Kier molecular flexibility index (Phi) is 5.28. The normalized spacial score (nSPS) is 10.7. The van der Waals surface area contributed by atoms with E-state index in [1.54, 1.807) is 6.07 Å². The van der Waals surface area contributed by atoms with E-state index in [-0.39, 0.29) is 24.8 Å². The number of esters is 1. The highest BCUT2D eigenvalue weighted by Gasteiger charge is 2.16. The molecule has 146 valence electrons. The zero-order valence-corrected chi connectivity index (χ0v) is 15.1. The van der Waals surface area contributed by atoms with Crippen molar-refractivity contribution >= 4 is 5.97 Å². The van der Waals surface area contributed by atoms with E-state index in [4.69, 9.17) is 13.9 Å². The molecular formula is C20H15FN4O4. The summed E-state index contributed by atoms with van der Waals surface area (Å²) in [6.45, 7) is -0.0337. The first-order valence-corrected chi connectivity index (χ1v) is 8.66. The maximum absolute atomic E-state index is 12.9. The molecule has 4 aromatic rings. The summed E-state index contributed by atoms with van der Waals surface area (Å²) < 4.78 is 30.6. The van der Waals surface area contributed by atoms with Crippen LogP contribution < -0.4 is 4.74 Å². The highest BCUT2D eigenvalue weighted by atomic mass is 19.1. The molecule has 2 aromatic carbocycles. The van der Waals surface area contributed by atoms with Crippen molar-refractivity contribution in [2.24, 2.45) is 0 Å². The molecule has 0 amide bonds. The van der Waals surface area contributed by atoms with Gasteiger partial charge in [-0.15, -0.1) is 5.10 Å². The molecule has 0 bridgehead atoms. The Morgan fingerprint density at radius 2 is 1.79 bits per heavy atom. The lowest BCUT2D eigenvalue weighted by Gasteiger charge is -2.05. The van der Waals surface area contributed by atoms with Gasteiger partial charge in [0.05, 0.1) is 5.69 Å². The minimum atomic E-state index is -0.652. The van der Waals surface area contributed by atoms with Crippen molar-refractivity contribution < 1.29 is 23.1 Å². The fraction of sp³-hybridized carbons (Fsp3) is 0.100. The Morgan fingerprint density at radius 1 is 1.00 bits per heavy atom. The second kappa shape index (κ2) is 8.34. The molecule has 0 atom stereocenters. The van der Waals surface area contributed by atoms with Gasteiger partial charge in [0.25, 0.3) is 0 Å². The lowest BCUT2D eigenvalue weighted by atomic mass is 10.3. The summed E-state index contributed by atoms with van der Waals surface area (Å²) in [6, 6.07) is 17.9. The second-order valence-corrected chi connectivity index (χ2v) is 5.93. The number of furan rings is 1. The molecule has 0 aliphatic rings. The smallest absolute Gasteiger partial charge is 0.374 e. The zero-order chi connectivity index (χ0) is 20.1. The molecule has 4 rings (SSSR count). The minimum absolute atomic E-state index is 0.0291. The Bertz CT molecular complexity index is 1090. The van der Waals surface area contributed by atoms with Crippen LogP contribution in [-0.2, 0) is 18.0 Å². The predicted octanol–water partition coefficient (Wildman–Crippen LogP) is 3.33. The number of para-hydroxylation sites is 1. The van der Waals surface area contributed by atoms with Crippen LogP contribution in [0.25, 0.3) is 5.69 Å². The molecule has 0 unspecified atom stereocenters. The summed E-state index contributed by atoms with van der Waals surface area (Å²) in [5.41, 5.74) is 0.752. The van der Waals surface area contributed by atoms with E-state index in [0.29, 0.717) is 17.3 Å². The van der Waals surface area contributed by atoms with E-state index < -0.39 is 5.97 Å². The van der Waals surface area contributed by atoms with Gasteiger partial charge in [-0.05, 0) is 59.0 Å². The summed E-state index contributed by atoms with van der Waals surface area (Å²) in [7, 11) is 0. The molecule has 0 saturated carbocycles. The van der Waals surface area contributed by atoms with Crippen LogP contribution in [0.2, 0.25) is 0 Å². The van der Waals surface area contributed by atoms with E-state index in [0.717, 1.165) is 5.69 Å². The first-order valence-electron chi connectivity index (χ1n) is 8.66. The SMILES string of the molecule is O=C(OCc1nnnn1-c1ccccc1)c1ccc(COc2ccc(F)cc2)o1. The van der Waals surface area contributed by atoms with Gasteiger partial charge in [-0.2, -0.15) is 4.68 Å². The van der Waals surface area contributed by atoms with Crippen LogP contribution >= 0.6 is 0 Å². The van der Waals surface area contributed by atoms with Gasteiger partial charge in [-0.3, -0.25) is 0 Å². The molecule has 2 aromatic heterocycles. The van der Waals surface area contributed by atoms with E-state index >= 15 is 0 Å². The van der Waals surface area contributed by atoms with Gasteiger partial charge in [-0.25, -0.2) is 9.18 Å². The number of halogens is 1. The molecule has 8 nitrogen and oxygen atoms in total. The van der Waals surface area contributed by atoms with Gasteiger partial charge in [-0.1, -0.05) is 18.2 Å². The Hall–Kier alpha value is -4.01. The van der Waals surface area contributed by atoms with Crippen LogP contribution in [0.1, 0.15) is 22.1 Å². The molecule has 0 fully saturated rings. The Morgan fingerprint density at radius 3 is 2.59 bits per heavy atom. The van der Waals surface area contributed by atoms with Gasteiger partial charge in [0.1, 0.15) is 23.9 Å².